The standard InChI is InChI=1S/C18H16O4/c1-2-17(19)21-11-12-22-18(20)16-10-6-9-15(13-16)14-7-4-3-5-8-14/h2-10,13H,1,11-12H2. The zero-order valence-corrected chi connectivity index (χ0v) is 12.0. The molecule has 0 radical (unpaired) electrons. The van der Waals surface area contributed by atoms with Crippen molar-refractivity contribution in [2.24, 2.45) is 0 Å². The van der Waals surface area contributed by atoms with Gasteiger partial charge < -0.3 is 9.47 Å². The number of carbonyl (C=O) groups excluding carboxylic acids is 2. The summed E-state index contributed by atoms with van der Waals surface area (Å²) in [5, 5.41) is 0. The van der Waals surface area contributed by atoms with Crippen LogP contribution in [0.3, 0.4) is 0 Å². The van der Waals surface area contributed by atoms with Crippen LogP contribution >= 0.6 is 0 Å². The molecule has 0 saturated carbocycles. The van der Waals surface area contributed by atoms with E-state index in [1.807, 2.05) is 36.4 Å². The summed E-state index contributed by atoms with van der Waals surface area (Å²) in [5.74, 6) is -0.991. The Morgan fingerprint density at radius 1 is 0.909 bits per heavy atom. The third-order valence-electron chi connectivity index (χ3n) is 2.93. The van der Waals surface area contributed by atoms with Gasteiger partial charge in [0.2, 0.25) is 0 Å². The molecular weight excluding hydrogens is 280 g/mol. The van der Waals surface area contributed by atoms with Crippen LogP contribution < -0.4 is 0 Å². The molecule has 0 amide bonds. The van der Waals surface area contributed by atoms with Crippen LogP contribution in [0.25, 0.3) is 11.1 Å². The molecule has 112 valence electrons. The number of benzene rings is 2. The highest BCUT2D eigenvalue weighted by atomic mass is 16.6. The van der Waals surface area contributed by atoms with Gasteiger partial charge in [0.15, 0.2) is 0 Å². The van der Waals surface area contributed by atoms with E-state index in [4.69, 9.17) is 9.47 Å². The van der Waals surface area contributed by atoms with Gasteiger partial charge >= 0.3 is 11.9 Å². The first-order valence-corrected chi connectivity index (χ1v) is 6.82. The van der Waals surface area contributed by atoms with Gasteiger partial charge in [-0.3, -0.25) is 0 Å². The monoisotopic (exact) mass is 296 g/mol. The summed E-state index contributed by atoms with van der Waals surface area (Å²) >= 11 is 0. The summed E-state index contributed by atoms with van der Waals surface area (Å²) in [5.41, 5.74) is 2.42. The number of esters is 2. The van der Waals surface area contributed by atoms with E-state index < -0.39 is 11.9 Å². The number of carbonyl (C=O) groups is 2. The molecular formula is C18H16O4. The Bertz CT molecular complexity index is 662. The van der Waals surface area contributed by atoms with E-state index in [1.165, 1.54) is 0 Å². The molecule has 2 aromatic rings. The molecule has 0 heterocycles. The average Bonchev–Trinajstić information content (AvgIpc) is 2.59. The minimum atomic E-state index is -0.540. The highest BCUT2D eigenvalue weighted by Crippen LogP contribution is 2.20. The van der Waals surface area contributed by atoms with Gasteiger partial charge in [-0.05, 0) is 23.3 Å². The molecule has 0 aliphatic carbocycles. The zero-order valence-electron chi connectivity index (χ0n) is 12.0. The molecule has 0 aromatic heterocycles. The Kier molecular flexibility index (Phi) is 5.49. The Morgan fingerprint density at radius 3 is 2.32 bits per heavy atom. The Hall–Kier alpha value is -2.88. The van der Waals surface area contributed by atoms with E-state index in [2.05, 4.69) is 6.58 Å². The SMILES string of the molecule is C=CC(=O)OCCOC(=O)c1cccc(-c2ccccc2)c1. The van der Waals surface area contributed by atoms with Crippen LogP contribution in [0.15, 0.2) is 67.3 Å². The molecule has 0 saturated heterocycles. The molecule has 0 bridgehead atoms. The first-order valence-electron chi connectivity index (χ1n) is 6.82. The third kappa shape index (κ3) is 4.31. The maximum Gasteiger partial charge on any atom is 0.338 e. The molecule has 0 N–H and O–H groups in total. The molecule has 4 nitrogen and oxygen atoms in total. The Labute approximate surface area is 129 Å². The van der Waals surface area contributed by atoms with E-state index in [9.17, 15) is 9.59 Å². The summed E-state index contributed by atoms with van der Waals surface area (Å²) in [6.45, 7) is 3.30. The van der Waals surface area contributed by atoms with Gasteiger partial charge in [-0.15, -0.1) is 0 Å². The summed E-state index contributed by atoms with van der Waals surface area (Å²) in [4.78, 5) is 22.8. The van der Waals surface area contributed by atoms with Gasteiger partial charge in [-0.2, -0.15) is 0 Å². The first kappa shape index (κ1) is 15.5. The molecule has 0 atom stereocenters. The second kappa shape index (κ2) is 7.78. The van der Waals surface area contributed by atoms with Crippen molar-refractivity contribution in [3.8, 4) is 11.1 Å². The smallest absolute Gasteiger partial charge is 0.338 e. The zero-order chi connectivity index (χ0) is 15.8. The molecule has 0 unspecified atom stereocenters. The second-order valence-corrected chi connectivity index (χ2v) is 4.45. The van der Waals surface area contributed by atoms with E-state index in [-0.39, 0.29) is 13.2 Å². The molecule has 0 aliphatic rings. The minimum absolute atomic E-state index is 0.00791. The molecule has 0 fully saturated rings. The normalized spacial score (nSPS) is 9.82. The van der Waals surface area contributed by atoms with Gasteiger partial charge in [0.25, 0.3) is 0 Å². The molecule has 4 heteroatoms. The molecule has 22 heavy (non-hydrogen) atoms. The molecule has 0 aliphatic heterocycles. The van der Waals surface area contributed by atoms with Crippen LogP contribution in [0.2, 0.25) is 0 Å². The van der Waals surface area contributed by atoms with Crippen LogP contribution in [0.1, 0.15) is 10.4 Å². The van der Waals surface area contributed by atoms with Gasteiger partial charge in [-0.1, -0.05) is 49.0 Å². The van der Waals surface area contributed by atoms with Crippen LogP contribution in [0.5, 0.6) is 0 Å². The van der Waals surface area contributed by atoms with Crippen molar-refractivity contribution >= 4 is 11.9 Å². The molecule has 0 spiro atoms. The maximum absolute atomic E-state index is 12.0. The van der Waals surface area contributed by atoms with E-state index in [1.54, 1.807) is 18.2 Å². The number of rotatable bonds is 6. The number of ether oxygens (including phenoxy) is 2. The van der Waals surface area contributed by atoms with Crippen LogP contribution in [0, 0.1) is 0 Å². The topological polar surface area (TPSA) is 52.6 Å². The van der Waals surface area contributed by atoms with Crippen molar-refractivity contribution < 1.29 is 19.1 Å². The lowest BCUT2D eigenvalue weighted by Gasteiger charge is -2.07. The lowest BCUT2D eigenvalue weighted by Crippen LogP contribution is -2.12. The predicted molar refractivity (Wildman–Crippen MR) is 83.3 cm³/mol. The fourth-order valence-electron chi connectivity index (χ4n) is 1.88. The Morgan fingerprint density at radius 2 is 1.59 bits per heavy atom. The average molecular weight is 296 g/mol. The van der Waals surface area contributed by atoms with Crippen molar-refractivity contribution in [3.63, 3.8) is 0 Å². The second-order valence-electron chi connectivity index (χ2n) is 4.45. The van der Waals surface area contributed by atoms with Gasteiger partial charge in [0.05, 0.1) is 5.56 Å². The van der Waals surface area contributed by atoms with E-state index in [0.29, 0.717) is 5.56 Å². The van der Waals surface area contributed by atoms with Gasteiger partial charge in [-0.25, -0.2) is 9.59 Å². The summed E-state index contributed by atoms with van der Waals surface area (Å²) in [6, 6.07) is 16.9. The molecule has 2 aromatic carbocycles. The fourth-order valence-corrected chi connectivity index (χ4v) is 1.88. The van der Waals surface area contributed by atoms with E-state index >= 15 is 0 Å². The van der Waals surface area contributed by atoms with E-state index in [0.717, 1.165) is 17.2 Å². The summed E-state index contributed by atoms with van der Waals surface area (Å²) in [7, 11) is 0. The van der Waals surface area contributed by atoms with Crippen molar-refractivity contribution in [1.82, 2.24) is 0 Å². The lowest BCUT2D eigenvalue weighted by atomic mass is 10.0. The van der Waals surface area contributed by atoms with Crippen molar-refractivity contribution in [2.75, 3.05) is 13.2 Å². The van der Waals surface area contributed by atoms with Crippen molar-refractivity contribution in [3.05, 3.63) is 72.8 Å². The van der Waals surface area contributed by atoms with Crippen LogP contribution in [-0.4, -0.2) is 25.2 Å². The largest absolute Gasteiger partial charge is 0.459 e. The first-order chi connectivity index (χ1) is 10.7. The van der Waals surface area contributed by atoms with Crippen molar-refractivity contribution in [2.45, 2.75) is 0 Å². The van der Waals surface area contributed by atoms with Crippen molar-refractivity contribution in [1.29, 1.82) is 0 Å². The summed E-state index contributed by atoms with van der Waals surface area (Å²) < 4.78 is 9.80. The maximum atomic E-state index is 12.0. The Balaban J connectivity index is 1.96. The highest BCUT2D eigenvalue weighted by Gasteiger charge is 2.08. The highest BCUT2D eigenvalue weighted by molar-refractivity contribution is 5.91. The number of hydrogen-bond acceptors (Lipinski definition) is 4. The third-order valence-corrected chi connectivity index (χ3v) is 2.93. The lowest BCUT2D eigenvalue weighted by molar-refractivity contribution is -0.138. The van der Waals surface area contributed by atoms with Crippen LogP contribution in [-0.2, 0) is 14.3 Å². The minimum Gasteiger partial charge on any atom is -0.459 e. The fraction of sp³-hybridized carbons (Fsp3) is 0.111. The summed E-state index contributed by atoms with van der Waals surface area (Å²) in [6.07, 6.45) is 1.06. The van der Waals surface area contributed by atoms with Gasteiger partial charge in [0, 0.05) is 6.08 Å². The predicted octanol–water partition coefficient (Wildman–Crippen LogP) is 3.24. The number of hydrogen-bond donors (Lipinski definition) is 0. The quantitative estimate of drug-likeness (QED) is 0.466. The van der Waals surface area contributed by atoms with Gasteiger partial charge in [0.1, 0.15) is 13.2 Å². The molecule has 2 rings (SSSR count). The van der Waals surface area contributed by atoms with Crippen LogP contribution in [0.4, 0.5) is 0 Å².